The van der Waals surface area contributed by atoms with Gasteiger partial charge in [-0.1, -0.05) is 19.1 Å². The monoisotopic (exact) mass is 312 g/mol. The number of para-hydroxylation sites is 2. The number of rotatable bonds is 5. The van der Waals surface area contributed by atoms with E-state index in [9.17, 15) is 13.2 Å². The van der Waals surface area contributed by atoms with Crippen LogP contribution in [0.4, 0.5) is 10.5 Å². The zero-order valence-corrected chi connectivity index (χ0v) is 12.8. The van der Waals surface area contributed by atoms with E-state index in [-0.39, 0.29) is 17.5 Å². The summed E-state index contributed by atoms with van der Waals surface area (Å²) in [7, 11) is -3.00. The maximum atomic E-state index is 11.9. The van der Waals surface area contributed by atoms with Gasteiger partial charge in [0.25, 0.3) is 0 Å². The normalized spacial score (nSPS) is 20.0. The number of carbonyl (C=O) groups excluding carboxylic acids is 1. The Kier molecular flexibility index (Phi) is 5.06. The van der Waals surface area contributed by atoms with E-state index in [0.717, 1.165) is 6.42 Å². The predicted octanol–water partition coefficient (Wildman–Crippen LogP) is 1.78. The molecule has 2 rings (SSSR count). The summed E-state index contributed by atoms with van der Waals surface area (Å²) in [5.41, 5.74) is 0.573. The van der Waals surface area contributed by atoms with Crippen LogP contribution in [0, 0.1) is 0 Å². The Hall–Kier alpha value is -1.76. The SMILES string of the molecule is CCCOc1ccccc1NC(=O)N[C@@H]1CCS(=O)(=O)C1. The molecular weight excluding hydrogens is 292 g/mol. The molecule has 116 valence electrons. The Balaban J connectivity index is 1.93. The summed E-state index contributed by atoms with van der Waals surface area (Å²) in [6.07, 6.45) is 1.34. The molecule has 0 saturated carbocycles. The van der Waals surface area contributed by atoms with E-state index in [4.69, 9.17) is 4.74 Å². The van der Waals surface area contributed by atoms with Crippen LogP contribution >= 0.6 is 0 Å². The number of hydrogen-bond acceptors (Lipinski definition) is 4. The molecule has 0 bridgehead atoms. The topological polar surface area (TPSA) is 84.5 Å². The highest BCUT2D eigenvalue weighted by molar-refractivity contribution is 7.91. The van der Waals surface area contributed by atoms with Crippen LogP contribution in [-0.4, -0.2) is 38.6 Å². The van der Waals surface area contributed by atoms with Gasteiger partial charge < -0.3 is 15.4 Å². The van der Waals surface area contributed by atoms with Crippen molar-refractivity contribution in [1.29, 1.82) is 0 Å². The maximum Gasteiger partial charge on any atom is 0.319 e. The molecule has 1 fully saturated rings. The van der Waals surface area contributed by atoms with Crippen molar-refractivity contribution < 1.29 is 17.9 Å². The summed E-state index contributed by atoms with van der Waals surface area (Å²) in [6, 6.07) is 6.43. The van der Waals surface area contributed by atoms with Gasteiger partial charge in [-0.25, -0.2) is 13.2 Å². The highest BCUT2D eigenvalue weighted by Gasteiger charge is 2.28. The fraction of sp³-hybridized carbons (Fsp3) is 0.500. The van der Waals surface area contributed by atoms with Gasteiger partial charge in [0.2, 0.25) is 0 Å². The number of benzene rings is 1. The minimum absolute atomic E-state index is 0.00833. The molecule has 0 aromatic heterocycles. The Morgan fingerprint density at radius 3 is 2.81 bits per heavy atom. The van der Waals surface area contributed by atoms with E-state index >= 15 is 0 Å². The van der Waals surface area contributed by atoms with E-state index < -0.39 is 15.9 Å². The number of ether oxygens (including phenoxy) is 1. The second kappa shape index (κ2) is 6.80. The lowest BCUT2D eigenvalue weighted by Gasteiger charge is -2.14. The molecule has 0 aliphatic carbocycles. The van der Waals surface area contributed by atoms with Gasteiger partial charge in [0, 0.05) is 6.04 Å². The Morgan fingerprint density at radius 2 is 2.14 bits per heavy atom. The van der Waals surface area contributed by atoms with Crippen LogP contribution in [0.3, 0.4) is 0 Å². The number of carbonyl (C=O) groups is 1. The van der Waals surface area contributed by atoms with Crippen LogP contribution in [-0.2, 0) is 9.84 Å². The van der Waals surface area contributed by atoms with Crippen LogP contribution in [0.15, 0.2) is 24.3 Å². The van der Waals surface area contributed by atoms with E-state index in [1.165, 1.54) is 0 Å². The van der Waals surface area contributed by atoms with Crippen molar-refractivity contribution in [3.05, 3.63) is 24.3 Å². The van der Waals surface area contributed by atoms with Crippen molar-refractivity contribution in [1.82, 2.24) is 5.32 Å². The number of nitrogens with one attached hydrogen (secondary N) is 2. The molecule has 1 atom stereocenters. The van der Waals surface area contributed by atoms with Gasteiger partial charge in [0.05, 0.1) is 23.8 Å². The molecule has 1 aliphatic rings. The highest BCUT2D eigenvalue weighted by Crippen LogP contribution is 2.23. The van der Waals surface area contributed by atoms with E-state index in [1.54, 1.807) is 18.2 Å². The summed E-state index contributed by atoms with van der Waals surface area (Å²) < 4.78 is 28.3. The molecular formula is C14H20N2O4S. The Morgan fingerprint density at radius 1 is 1.38 bits per heavy atom. The lowest BCUT2D eigenvalue weighted by atomic mass is 10.2. The van der Waals surface area contributed by atoms with Gasteiger partial charge in [-0.05, 0) is 25.0 Å². The zero-order valence-electron chi connectivity index (χ0n) is 12.0. The van der Waals surface area contributed by atoms with Crippen molar-refractivity contribution in [2.45, 2.75) is 25.8 Å². The van der Waals surface area contributed by atoms with E-state index in [0.29, 0.717) is 24.5 Å². The Labute approximate surface area is 124 Å². The van der Waals surface area contributed by atoms with Gasteiger partial charge in [0.15, 0.2) is 9.84 Å². The molecule has 0 spiro atoms. The Bertz CT molecular complexity index is 601. The first-order valence-corrected chi connectivity index (χ1v) is 8.82. The van der Waals surface area contributed by atoms with Gasteiger partial charge in [-0.3, -0.25) is 0 Å². The van der Waals surface area contributed by atoms with Crippen LogP contribution < -0.4 is 15.4 Å². The van der Waals surface area contributed by atoms with Gasteiger partial charge in [-0.15, -0.1) is 0 Å². The molecule has 21 heavy (non-hydrogen) atoms. The highest BCUT2D eigenvalue weighted by atomic mass is 32.2. The maximum absolute atomic E-state index is 11.9. The van der Waals surface area contributed by atoms with Gasteiger partial charge >= 0.3 is 6.03 Å². The van der Waals surface area contributed by atoms with Crippen LogP contribution in [0.2, 0.25) is 0 Å². The second-order valence-corrected chi connectivity index (χ2v) is 7.27. The minimum atomic E-state index is -3.00. The molecule has 1 aromatic carbocycles. The lowest BCUT2D eigenvalue weighted by Crippen LogP contribution is -2.38. The smallest absolute Gasteiger partial charge is 0.319 e. The molecule has 2 N–H and O–H groups in total. The number of hydrogen-bond donors (Lipinski definition) is 2. The van der Waals surface area contributed by atoms with Crippen LogP contribution in [0.1, 0.15) is 19.8 Å². The largest absolute Gasteiger partial charge is 0.491 e. The van der Waals surface area contributed by atoms with Gasteiger partial charge in [0.1, 0.15) is 5.75 Å². The molecule has 2 amide bonds. The van der Waals surface area contributed by atoms with Crippen LogP contribution in [0.5, 0.6) is 5.75 Å². The third-order valence-electron chi connectivity index (χ3n) is 3.16. The molecule has 7 heteroatoms. The molecule has 6 nitrogen and oxygen atoms in total. The quantitative estimate of drug-likeness (QED) is 0.868. The molecule has 1 saturated heterocycles. The number of anilines is 1. The summed E-state index contributed by atoms with van der Waals surface area (Å²) in [4.78, 5) is 11.9. The number of sulfone groups is 1. The first-order valence-electron chi connectivity index (χ1n) is 7.00. The molecule has 0 radical (unpaired) electrons. The summed E-state index contributed by atoms with van der Waals surface area (Å²) in [5.74, 6) is 0.747. The summed E-state index contributed by atoms with van der Waals surface area (Å²) in [6.45, 7) is 2.57. The first kappa shape index (κ1) is 15.6. The fourth-order valence-electron chi connectivity index (χ4n) is 2.16. The van der Waals surface area contributed by atoms with Crippen molar-refractivity contribution in [2.75, 3.05) is 23.4 Å². The molecule has 0 unspecified atom stereocenters. The molecule has 1 aliphatic heterocycles. The second-order valence-electron chi connectivity index (χ2n) is 5.04. The van der Waals surface area contributed by atoms with Crippen molar-refractivity contribution in [3.63, 3.8) is 0 Å². The average molecular weight is 312 g/mol. The third kappa shape index (κ3) is 4.63. The van der Waals surface area contributed by atoms with Crippen molar-refractivity contribution in [2.24, 2.45) is 0 Å². The van der Waals surface area contributed by atoms with Gasteiger partial charge in [-0.2, -0.15) is 0 Å². The van der Waals surface area contributed by atoms with Crippen molar-refractivity contribution >= 4 is 21.6 Å². The number of urea groups is 1. The number of amides is 2. The average Bonchev–Trinajstić information content (AvgIpc) is 2.76. The predicted molar refractivity (Wildman–Crippen MR) is 81.4 cm³/mol. The molecule has 1 heterocycles. The summed E-state index contributed by atoms with van der Waals surface area (Å²) in [5, 5.41) is 5.39. The molecule has 1 aromatic rings. The summed E-state index contributed by atoms with van der Waals surface area (Å²) >= 11 is 0. The van der Waals surface area contributed by atoms with Crippen molar-refractivity contribution in [3.8, 4) is 5.75 Å². The van der Waals surface area contributed by atoms with Crippen LogP contribution in [0.25, 0.3) is 0 Å². The lowest BCUT2D eigenvalue weighted by molar-refractivity contribution is 0.249. The standard InChI is InChI=1S/C14H20N2O4S/c1-2-8-20-13-6-4-3-5-12(13)16-14(17)15-11-7-9-21(18,19)10-11/h3-6,11H,2,7-10H2,1H3,(H2,15,16,17)/t11-/m1/s1. The first-order chi connectivity index (χ1) is 10.00. The van der Waals surface area contributed by atoms with E-state index in [2.05, 4.69) is 10.6 Å². The van der Waals surface area contributed by atoms with E-state index in [1.807, 2.05) is 13.0 Å². The zero-order chi connectivity index (χ0) is 15.3. The third-order valence-corrected chi connectivity index (χ3v) is 4.93. The fourth-order valence-corrected chi connectivity index (χ4v) is 3.83. The minimum Gasteiger partial charge on any atom is -0.491 e.